The molecule has 0 saturated heterocycles. The SMILES string of the molecule is COc1cc(N=Nc2c(C#N)cc([N+](=O)[O-])cc2[N+](=O)[O-])c(NC(C)=O)cc1N(CCOC(C)=O)CCOC(C)=O. The molecule has 17 heteroatoms. The Morgan fingerprint density at radius 2 is 1.59 bits per heavy atom. The maximum atomic E-state index is 12.0. The summed E-state index contributed by atoms with van der Waals surface area (Å²) < 4.78 is 15.5. The van der Waals surface area contributed by atoms with Crippen molar-refractivity contribution in [2.45, 2.75) is 20.8 Å². The van der Waals surface area contributed by atoms with E-state index in [4.69, 9.17) is 14.2 Å². The van der Waals surface area contributed by atoms with Crippen molar-refractivity contribution in [1.29, 1.82) is 5.26 Å². The maximum absolute atomic E-state index is 12.0. The van der Waals surface area contributed by atoms with Crippen LogP contribution in [-0.4, -0.2) is 61.1 Å². The number of non-ortho nitro benzene ring substituents is 1. The molecular formula is C24H25N7O10. The fourth-order valence-corrected chi connectivity index (χ4v) is 3.44. The first kappa shape index (κ1) is 31.6. The Labute approximate surface area is 232 Å². The summed E-state index contributed by atoms with van der Waals surface area (Å²) in [4.78, 5) is 57.1. The lowest BCUT2D eigenvalue weighted by Crippen LogP contribution is -2.32. The van der Waals surface area contributed by atoms with E-state index in [1.165, 1.54) is 40.0 Å². The van der Waals surface area contributed by atoms with Crippen molar-refractivity contribution >= 4 is 52.0 Å². The summed E-state index contributed by atoms with van der Waals surface area (Å²) in [6.45, 7) is 3.92. The van der Waals surface area contributed by atoms with Crippen molar-refractivity contribution in [1.82, 2.24) is 0 Å². The van der Waals surface area contributed by atoms with E-state index < -0.39 is 50.3 Å². The van der Waals surface area contributed by atoms with Crippen molar-refractivity contribution in [3.05, 3.63) is 50.1 Å². The number of carbonyl (C=O) groups excluding carboxylic acids is 3. The van der Waals surface area contributed by atoms with Crippen LogP contribution in [0.3, 0.4) is 0 Å². The maximum Gasteiger partial charge on any atom is 0.304 e. The molecule has 0 heterocycles. The van der Waals surface area contributed by atoms with E-state index in [2.05, 4.69) is 15.5 Å². The normalized spacial score (nSPS) is 10.4. The number of rotatable bonds is 13. The number of hydrogen-bond donors (Lipinski definition) is 1. The second-order valence-corrected chi connectivity index (χ2v) is 8.08. The monoisotopic (exact) mass is 571 g/mol. The lowest BCUT2D eigenvalue weighted by Gasteiger charge is -2.27. The summed E-state index contributed by atoms with van der Waals surface area (Å²) in [6.07, 6.45) is 0. The van der Waals surface area contributed by atoms with Crippen molar-refractivity contribution in [2.75, 3.05) is 43.6 Å². The predicted molar refractivity (Wildman–Crippen MR) is 141 cm³/mol. The number of carbonyl (C=O) groups is 3. The number of methoxy groups -OCH3 is 1. The highest BCUT2D eigenvalue weighted by Gasteiger charge is 2.25. The van der Waals surface area contributed by atoms with Gasteiger partial charge in [0, 0.05) is 32.9 Å². The lowest BCUT2D eigenvalue weighted by atomic mass is 10.1. The van der Waals surface area contributed by atoms with Crippen molar-refractivity contribution in [3.8, 4) is 11.8 Å². The van der Waals surface area contributed by atoms with Gasteiger partial charge in [0.2, 0.25) is 5.91 Å². The summed E-state index contributed by atoms with van der Waals surface area (Å²) in [5, 5.41) is 42.6. The van der Waals surface area contributed by atoms with Crippen LogP contribution in [0.1, 0.15) is 26.3 Å². The molecule has 2 aromatic rings. The largest absolute Gasteiger partial charge is 0.494 e. The number of nitriles is 1. The summed E-state index contributed by atoms with van der Waals surface area (Å²) in [5.74, 6) is -1.35. The van der Waals surface area contributed by atoms with Crippen LogP contribution < -0.4 is 15.0 Å². The van der Waals surface area contributed by atoms with E-state index >= 15 is 0 Å². The molecule has 0 spiro atoms. The summed E-state index contributed by atoms with van der Waals surface area (Å²) >= 11 is 0. The van der Waals surface area contributed by atoms with Gasteiger partial charge in [0.15, 0.2) is 5.69 Å². The van der Waals surface area contributed by atoms with Crippen LogP contribution >= 0.6 is 0 Å². The standard InChI is InChI=1S/C24H25N7O10/c1-14(32)26-19-11-21(29(5-7-40-15(2)33)6-8-41-16(3)34)23(39-4)12-20(19)27-28-24-17(13-25)9-18(30(35)36)10-22(24)31(37)38/h9-12H,5-8H2,1-4H3,(H,26,32). The number of hydrogen-bond acceptors (Lipinski definition) is 14. The minimum absolute atomic E-state index is 0.0315. The molecule has 0 aromatic heterocycles. The van der Waals surface area contributed by atoms with Crippen LogP contribution in [0.5, 0.6) is 5.75 Å². The molecule has 0 radical (unpaired) electrons. The molecule has 1 N–H and O–H groups in total. The van der Waals surface area contributed by atoms with Crippen LogP contribution in [0.15, 0.2) is 34.5 Å². The number of nitro benzene ring substituents is 2. The van der Waals surface area contributed by atoms with E-state index in [0.29, 0.717) is 11.8 Å². The van der Waals surface area contributed by atoms with E-state index in [1.807, 2.05) is 0 Å². The van der Waals surface area contributed by atoms with Gasteiger partial charge >= 0.3 is 17.6 Å². The molecule has 2 aromatic carbocycles. The van der Waals surface area contributed by atoms with Crippen molar-refractivity contribution < 1.29 is 38.4 Å². The first-order valence-electron chi connectivity index (χ1n) is 11.7. The van der Waals surface area contributed by atoms with E-state index in [1.54, 1.807) is 11.0 Å². The fraction of sp³-hybridized carbons (Fsp3) is 0.333. The van der Waals surface area contributed by atoms with Gasteiger partial charge in [0.25, 0.3) is 5.69 Å². The average Bonchev–Trinajstić information content (AvgIpc) is 2.89. The van der Waals surface area contributed by atoms with Gasteiger partial charge in [-0.2, -0.15) is 5.26 Å². The molecule has 1 amide bonds. The topological polar surface area (TPSA) is 229 Å². The van der Waals surface area contributed by atoms with Gasteiger partial charge in [0.05, 0.1) is 53.1 Å². The second-order valence-electron chi connectivity index (χ2n) is 8.08. The van der Waals surface area contributed by atoms with Gasteiger partial charge in [-0.3, -0.25) is 34.6 Å². The third-order valence-electron chi connectivity index (χ3n) is 5.14. The third kappa shape index (κ3) is 8.95. The molecule has 0 saturated carbocycles. The van der Waals surface area contributed by atoms with Gasteiger partial charge in [-0.15, -0.1) is 10.2 Å². The Morgan fingerprint density at radius 1 is 0.976 bits per heavy atom. The number of ether oxygens (including phenoxy) is 3. The summed E-state index contributed by atoms with van der Waals surface area (Å²) in [5.41, 5.74) is -2.12. The van der Waals surface area contributed by atoms with Crippen molar-refractivity contribution in [3.63, 3.8) is 0 Å². The molecule has 0 atom stereocenters. The predicted octanol–water partition coefficient (Wildman–Crippen LogP) is 3.69. The second kappa shape index (κ2) is 14.5. The Balaban J connectivity index is 2.66. The number of nitrogens with zero attached hydrogens (tertiary/aromatic N) is 6. The molecule has 2 rings (SSSR count). The highest BCUT2D eigenvalue weighted by molar-refractivity contribution is 5.94. The number of nitro groups is 2. The number of nitrogens with one attached hydrogen (secondary N) is 1. The van der Waals surface area contributed by atoms with E-state index in [9.17, 15) is 39.9 Å². The van der Waals surface area contributed by atoms with Crippen LogP contribution in [-0.2, 0) is 23.9 Å². The number of amides is 1. The Morgan fingerprint density at radius 3 is 2.05 bits per heavy atom. The van der Waals surface area contributed by atoms with E-state index in [0.717, 1.165) is 6.07 Å². The first-order chi connectivity index (χ1) is 19.4. The van der Waals surface area contributed by atoms with Gasteiger partial charge in [-0.1, -0.05) is 0 Å². The zero-order chi connectivity index (χ0) is 30.7. The smallest absolute Gasteiger partial charge is 0.304 e. The number of anilines is 2. The zero-order valence-corrected chi connectivity index (χ0v) is 22.4. The molecule has 17 nitrogen and oxygen atoms in total. The minimum atomic E-state index is -0.940. The molecule has 0 unspecified atom stereocenters. The molecule has 41 heavy (non-hydrogen) atoms. The van der Waals surface area contributed by atoms with Crippen LogP contribution in [0, 0.1) is 31.6 Å². The van der Waals surface area contributed by atoms with Crippen LogP contribution in [0.25, 0.3) is 0 Å². The zero-order valence-electron chi connectivity index (χ0n) is 22.4. The number of azo groups is 1. The Bertz CT molecular complexity index is 1410. The molecule has 0 aliphatic carbocycles. The minimum Gasteiger partial charge on any atom is -0.494 e. The first-order valence-corrected chi connectivity index (χ1v) is 11.7. The molecular weight excluding hydrogens is 546 g/mol. The van der Waals surface area contributed by atoms with Crippen molar-refractivity contribution in [2.24, 2.45) is 10.2 Å². The lowest BCUT2D eigenvalue weighted by molar-refractivity contribution is -0.393. The van der Waals surface area contributed by atoms with Gasteiger partial charge in [0.1, 0.15) is 30.7 Å². The van der Waals surface area contributed by atoms with Gasteiger partial charge in [-0.25, -0.2) is 0 Å². The van der Waals surface area contributed by atoms with Crippen LogP contribution in [0.4, 0.5) is 34.1 Å². The molecule has 0 aliphatic heterocycles. The Kier molecular flexibility index (Phi) is 11.1. The fourth-order valence-electron chi connectivity index (χ4n) is 3.44. The quantitative estimate of drug-likeness (QED) is 0.157. The van der Waals surface area contributed by atoms with E-state index in [-0.39, 0.29) is 43.4 Å². The average molecular weight is 572 g/mol. The molecule has 0 fully saturated rings. The molecule has 0 aliphatic rings. The number of benzene rings is 2. The Hall–Kier alpha value is -5.66. The highest BCUT2D eigenvalue weighted by atomic mass is 16.6. The molecule has 216 valence electrons. The van der Waals surface area contributed by atoms with Gasteiger partial charge < -0.3 is 24.4 Å². The third-order valence-corrected chi connectivity index (χ3v) is 5.14. The molecule has 0 bridgehead atoms. The van der Waals surface area contributed by atoms with Crippen LogP contribution in [0.2, 0.25) is 0 Å². The van der Waals surface area contributed by atoms with Gasteiger partial charge in [-0.05, 0) is 6.07 Å². The highest BCUT2D eigenvalue weighted by Crippen LogP contribution is 2.41. The number of esters is 2. The summed E-state index contributed by atoms with van der Waals surface area (Å²) in [6, 6.07) is 5.90. The summed E-state index contributed by atoms with van der Waals surface area (Å²) in [7, 11) is 1.34.